The topological polar surface area (TPSA) is 77.8 Å². The molecule has 4 fully saturated rings. The van der Waals surface area contributed by atoms with Crippen LogP contribution in [0.25, 0.3) is 0 Å². The third-order valence-corrected chi connectivity index (χ3v) is 9.98. The first kappa shape index (κ1) is 30.1. The van der Waals surface area contributed by atoms with Crippen LogP contribution in [0.15, 0.2) is 47.6 Å². The van der Waals surface area contributed by atoms with Gasteiger partial charge in [-0.05, 0) is 85.7 Å². The van der Waals surface area contributed by atoms with Crippen LogP contribution in [-0.2, 0) is 4.79 Å². The smallest absolute Gasteiger partial charge is 0.393 e. The number of allylic oxidation sites excluding steroid dienone is 4. The largest absolute Gasteiger partial charge is 0.461 e. The monoisotopic (exact) mass is 558 g/mol. The average molecular weight is 559 g/mol. The number of hydrogen-bond acceptors (Lipinski definition) is 4. The van der Waals surface area contributed by atoms with Gasteiger partial charge in [0.25, 0.3) is 0 Å². The number of hydrogen-bond donors (Lipinski definition) is 3. The van der Waals surface area contributed by atoms with Crippen LogP contribution in [0, 0.1) is 28.6 Å². The molecule has 0 unspecified atom stereocenters. The predicted molar refractivity (Wildman–Crippen MR) is 137 cm³/mol. The summed E-state index contributed by atoms with van der Waals surface area (Å²) in [5.41, 5.74) is 0.638. The summed E-state index contributed by atoms with van der Waals surface area (Å²) in [5.74, 6) is -7.31. The van der Waals surface area contributed by atoms with Crippen molar-refractivity contribution in [3.63, 3.8) is 0 Å². The van der Waals surface area contributed by atoms with Gasteiger partial charge in [0.1, 0.15) is 0 Å². The summed E-state index contributed by atoms with van der Waals surface area (Å²) >= 11 is 0. The van der Waals surface area contributed by atoms with Crippen molar-refractivity contribution in [3.05, 3.63) is 47.6 Å². The lowest BCUT2D eigenvalue weighted by atomic mass is 9.61. The molecule has 0 aliphatic heterocycles. The molecule has 4 nitrogen and oxygen atoms in total. The Hall–Kier alpha value is -1.84. The summed E-state index contributed by atoms with van der Waals surface area (Å²) in [6.45, 7) is 8.17. The van der Waals surface area contributed by atoms with E-state index in [0.29, 0.717) is 17.9 Å². The average Bonchev–Trinajstić information content (AvgIpc) is 3.58. The molecule has 4 saturated carbocycles. The maximum Gasteiger partial charge on any atom is 0.461 e. The maximum atomic E-state index is 13.7. The van der Waals surface area contributed by atoms with Crippen molar-refractivity contribution in [2.75, 3.05) is 0 Å². The van der Waals surface area contributed by atoms with Crippen LogP contribution in [0.5, 0.6) is 0 Å². The molecule has 0 aromatic carbocycles. The van der Waals surface area contributed by atoms with Gasteiger partial charge >= 0.3 is 12.1 Å². The fourth-order valence-electron chi connectivity index (χ4n) is 7.44. The second kappa shape index (κ2) is 10.5. The number of carbonyl (C=O) groups excluding carboxylic acids is 1. The van der Waals surface area contributed by atoms with E-state index in [1.165, 1.54) is 11.6 Å². The van der Waals surface area contributed by atoms with Crippen molar-refractivity contribution >= 4 is 5.78 Å². The molecule has 3 N–H and O–H groups in total. The number of halogens is 5. The zero-order chi connectivity index (χ0) is 29.0. The van der Waals surface area contributed by atoms with Crippen LogP contribution in [0.3, 0.4) is 0 Å². The second-order valence-electron chi connectivity index (χ2n) is 12.4. The van der Waals surface area contributed by atoms with Gasteiger partial charge in [0.05, 0.1) is 23.7 Å². The molecule has 0 heterocycles. The van der Waals surface area contributed by atoms with E-state index in [0.717, 1.165) is 37.7 Å². The number of carbonyl (C=O) groups is 1. The number of fused-ring (bicyclic) bond motifs is 1. The summed E-state index contributed by atoms with van der Waals surface area (Å²) in [7, 11) is 0. The fourth-order valence-corrected chi connectivity index (χ4v) is 7.44. The van der Waals surface area contributed by atoms with Gasteiger partial charge < -0.3 is 15.3 Å². The Kier molecular flexibility index (Phi) is 8.13. The molecule has 218 valence electrons. The SMILES string of the molecule is C=C1/C(=C\C=C2/CCC[C@]3(C)[C@@H]([C@H](C)/C=C/[C@H](O)C4(C(=O)C(F)(F)C(F)(F)F)CC4)CC[C@@H]23)C[C@@H](O)C[C@@H]1O. The third-order valence-electron chi connectivity index (χ3n) is 9.98. The van der Waals surface area contributed by atoms with Crippen molar-refractivity contribution in [2.24, 2.45) is 28.6 Å². The van der Waals surface area contributed by atoms with Crippen molar-refractivity contribution in [1.82, 2.24) is 0 Å². The molecular weight excluding hydrogens is 519 g/mol. The quantitative estimate of drug-likeness (QED) is 0.256. The summed E-state index contributed by atoms with van der Waals surface area (Å²) in [5, 5.41) is 30.7. The Morgan fingerprint density at radius 2 is 1.74 bits per heavy atom. The van der Waals surface area contributed by atoms with Gasteiger partial charge in [-0.2, -0.15) is 22.0 Å². The lowest BCUT2D eigenvalue weighted by Crippen LogP contribution is -2.50. The van der Waals surface area contributed by atoms with Crippen LogP contribution >= 0.6 is 0 Å². The van der Waals surface area contributed by atoms with Crippen molar-refractivity contribution in [1.29, 1.82) is 0 Å². The number of rotatable bonds is 7. The van der Waals surface area contributed by atoms with E-state index in [-0.39, 0.29) is 36.5 Å². The summed E-state index contributed by atoms with van der Waals surface area (Å²) in [6, 6.07) is 0. The molecule has 0 amide bonds. The second-order valence-corrected chi connectivity index (χ2v) is 12.4. The zero-order valence-electron chi connectivity index (χ0n) is 22.5. The van der Waals surface area contributed by atoms with Gasteiger partial charge in [0.2, 0.25) is 5.78 Å². The third kappa shape index (κ3) is 5.43. The lowest BCUT2D eigenvalue weighted by Gasteiger charge is -2.44. The highest BCUT2D eigenvalue weighted by molar-refractivity contribution is 5.94. The van der Waals surface area contributed by atoms with Gasteiger partial charge in [0.15, 0.2) is 0 Å². The van der Waals surface area contributed by atoms with Crippen LogP contribution in [0.4, 0.5) is 22.0 Å². The minimum atomic E-state index is -5.99. The van der Waals surface area contributed by atoms with Gasteiger partial charge in [-0.3, -0.25) is 4.79 Å². The van der Waals surface area contributed by atoms with Gasteiger partial charge in [-0.25, -0.2) is 0 Å². The minimum absolute atomic E-state index is 0.0592. The first-order valence-electron chi connectivity index (χ1n) is 13.9. The van der Waals surface area contributed by atoms with E-state index in [9.17, 15) is 42.1 Å². The summed E-state index contributed by atoms with van der Waals surface area (Å²) in [4.78, 5) is 12.1. The van der Waals surface area contributed by atoms with E-state index >= 15 is 0 Å². The van der Waals surface area contributed by atoms with E-state index in [1.807, 2.05) is 13.0 Å². The van der Waals surface area contributed by atoms with Crippen LogP contribution in [-0.4, -0.2) is 51.5 Å². The molecule has 4 rings (SSSR count). The lowest BCUT2D eigenvalue weighted by molar-refractivity contribution is -0.272. The van der Waals surface area contributed by atoms with Gasteiger partial charge in [0, 0.05) is 6.42 Å². The Labute approximate surface area is 226 Å². The van der Waals surface area contributed by atoms with Gasteiger partial charge in [-0.1, -0.05) is 50.3 Å². The molecule has 0 radical (unpaired) electrons. The first-order chi connectivity index (χ1) is 18.0. The van der Waals surface area contributed by atoms with E-state index < -0.39 is 41.6 Å². The molecule has 0 spiro atoms. The Balaban J connectivity index is 1.47. The highest BCUT2D eigenvalue weighted by Gasteiger charge is 2.71. The van der Waals surface area contributed by atoms with Crippen molar-refractivity contribution in [3.8, 4) is 0 Å². The molecule has 0 saturated heterocycles. The Morgan fingerprint density at radius 1 is 1.08 bits per heavy atom. The number of alkyl halides is 5. The van der Waals surface area contributed by atoms with Crippen LogP contribution in [0.2, 0.25) is 0 Å². The number of aliphatic hydroxyl groups excluding tert-OH is 3. The molecule has 4 aliphatic carbocycles. The van der Waals surface area contributed by atoms with E-state index in [4.69, 9.17) is 0 Å². The predicted octanol–water partition coefficient (Wildman–Crippen LogP) is 6.23. The fraction of sp³-hybridized carbons (Fsp3) is 0.700. The standard InChI is InChI=1S/C30H39F5O4/c1-17(6-11-25(38)28(13-14-28)26(39)29(31,32)30(33,34)35)22-9-10-23-19(5-4-12-27(22,23)3)7-8-20-15-21(36)16-24(37)18(20)2/h6-8,11,17,21-25,36-38H,2,4-5,9-10,12-16H2,1,3H3/b11-6+,19-7+,20-8-/t17-,21-,22-,23+,24+,25+,27-/m1/s1. The number of aliphatic hydroxyl groups is 3. The van der Waals surface area contributed by atoms with Gasteiger partial charge in [-0.15, -0.1) is 0 Å². The Bertz CT molecular complexity index is 1070. The first-order valence-corrected chi connectivity index (χ1v) is 13.9. The zero-order valence-corrected chi connectivity index (χ0v) is 22.5. The van der Waals surface area contributed by atoms with Crippen LogP contribution < -0.4 is 0 Å². The normalized spacial score (nSPS) is 36.8. The van der Waals surface area contributed by atoms with Crippen molar-refractivity contribution < 1.29 is 42.1 Å². The van der Waals surface area contributed by atoms with Crippen LogP contribution in [0.1, 0.15) is 71.6 Å². The Morgan fingerprint density at radius 3 is 2.36 bits per heavy atom. The number of ketones is 1. The molecule has 9 heteroatoms. The molecule has 39 heavy (non-hydrogen) atoms. The minimum Gasteiger partial charge on any atom is -0.393 e. The molecule has 4 aliphatic rings. The highest BCUT2D eigenvalue weighted by Crippen LogP contribution is 2.60. The van der Waals surface area contributed by atoms with E-state index in [2.05, 4.69) is 19.6 Å². The summed E-state index contributed by atoms with van der Waals surface area (Å²) in [6.07, 6.45) is 3.03. The summed E-state index contributed by atoms with van der Waals surface area (Å²) < 4.78 is 65.8. The molecule has 7 atom stereocenters. The van der Waals surface area contributed by atoms with E-state index in [1.54, 1.807) is 6.08 Å². The number of Topliss-reactive ketones (excluding diaryl/α,β-unsaturated/α-hetero) is 1. The molecule has 0 bridgehead atoms. The molecule has 0 aromatic rings. The molecular formula is C30H39F5O4. The highest BCUT2D eigenvalue weighted by atomic mass is 19.4. The maximum absolute atomic E-state index is 13.7. The van der Waals surface area contributed by atoms with Crippen molar-refractivity contribution in [2.45, 2.75) is 102 Å². The molecule has 0 aromatic heterocycles.